The van der Waals surface area contributed by atoms with E-state index in [1.54, 1.807) is 4.31 Å². The molecule has 1 saturated heterocycles. The molecule has 0 bridgehead atoms. The van der Waals surface area contributed by atoms with Crippen molar-refractivity contribution in [2.45, 2.75) is 45.8 Å². The van der Waals surface area contributed by atoms with Crippen LogP contribution in [0.25, 0.3) is 0 Å². The maximum absolute atomic E-state index is 12.5. The second-order valence-corrected chi connectivity index (χ2v) is 8.38. The van der Waals surface area contributed by atoms with Gasteiger partial charge in [0.15, 0.2) is 0 Å². The molecule has 0 aromatic heterocycles. The van der Waals surface area contributed by atoms with Gasteiger partial charge in [-0.15, -0.1) is 0 Å². The Kier molecular flexibility index (Phi) is 4.76. The van der Waals surface area contributed by atoms with Gasteiger partial charge in [0.05, 0.1) is 24.0 Å². The van der Waals surface area contributed by atoms with Crippen molar-refractivity contribution in [2.24, 2.45) is 0 Å². The number of nitrogens with zero attached hydrogens (tertiary/aromatic N) is 1. The molecule has 0 amide bonds. The molecule has 2 rings (SSSR count). The van der Waals surface area contributed by atoms with Crippen LogP contribution < -0.4 is 0 Å². The highest BCUT2D eigenvalue weighted by Gasteiger charge is 2.42. The van der Waals surface area contributed by atoms with Crippen molar-refractivity contribution in [2.75, 3.05) is 18.9 Å². The molecule has 0 aliphatic carbocycles. The lowest BCUT2D eigenvalue weighted by atomic mass is 10.0. The van der Waals surface area contributed by atoms with Gasteiger partial charge in [-0.3, -0.25) is 0 Å². The first-order valence-electron chi connectivity index (χ1n) is 7.45. The summed E-state index contributed by atoms with van der Waals surface area (Å²) in [6.07, 6.45) is 0.440. The number of benzene rings is 1. The van der Waals surface area contributed by atoms with E-state index in [-0.39, 0.29) is 11.9 Å². The van der Waals surface area contributed by atoms with E-state index >= 15 is 0 Å². The van der Waals surface area contributed by atoms with Crippen LogP contribution in [0.2, 0.25) is 0 Å². The van der Waals surface area contributed by atoms with E-state index in [1.807, 2.05) is 52.0 Å². The average molecular weight is 311 g/mol. The van der Waals surface area contributed by atoms with Crippen LogP contribution in [-0.4, -0.2) is 37.2 Å². The van der Waals surface area contributed by atoms with Crippen LogP contribution in [0.1, 0.15) is 44.4 Å². The summed E-state index contributed by atoms with van der Waals surface area (Å²) in [5.41, 5.74) is 1.73. The van der Waals surface area contributed by atoms with Crippen molar-refractivity contribution >= 4 is 10.0 Å². The first-order chi connectivity index (χ1) is 9.76. The third-order valence-corrected chi connectivity index (χ3v) is 6.13. The van der Waals surface area contributed by atoms with Gasteiger partial charge in [-0.25, -0.2) is 8.42 Å². The Morgan fingerprint density at radius 2 is 1.90 bits per heavy atom. The Morgan fingerprint density at radius 3 is 2.48 bits per heavy atom. The highest BCUT2D eigenvalue weighted by molar-refractivity contribution is 7.89. The smallest absolute Gasteiger partial charge is 0.214 e. The number of hydrogen-bond donors (Lipinski definition) is 0. The lowest BCUT2D eigenvalue weighted by molar-refractivity contribution is -0.0655. The van der Waals surface area contributed by atoms with E-state index in [0.717, 1.165) is 5.56 Å². The first-order valence-corrected chi connectivity index (χ1v) is 9.06. The minimum atomic E-state index is -3.24. The molecule has 1 heterocycles. The summed E-state index contributed by atoms with van der Waals surface area (Å²) in [6, 6.07) is 8.10. The van der Waals surface area contributed by atoms with E-state index in [4.69, 9.17) is 4.74 Å². The number of hydrogen-bond acceptors (Lipinski definition) is 3. The largest absolute Gasteiger partial charge is 0.370 e. The third kappa shape index (κ3) is 3.65. The van der Waals surface area contributed by atoms with E-state index in [9.17, 15) is 8.42 Å². The Balaban J connectivity index is 2.25. The Hall–Kier alpha value is -0.910. The van der Waals surface area contributed by atoms with Crippen molar-refractivity contribution < 1.29 is 13.2 Å². The highest BCUT2D eigenvalue weighted by Crippen LogP contribution is 2.32. The van der Waals surface area contributed by atoms with Gasteiger partial charge in [-0.2, -0.15) is 4.31 Å². The average Bonchev–Trinajstić information content (AvgIpc) is 2.39. The van der Waals surface area contributed by atoms with E-state index in [1.165, 1.54) is 5.56 Å². The number of rotatable bonds is 4. The summed E-state index contributed by atoms with van der Waals surface area (Å²) in [5, 5.41) is 0. The fraction of sp³-hybridized carbons (Fsp3) is 0.625. The van der Waals surface area contributed by atoms with E-state index in [0.29, 0.717) is 19.6 Å². The maximum atomic E-state index is 12.5. The zero-order valence-corrected chi connectivity index (χ0v) is 14.1. The zero-order chi connectivity index (χ0) is 15.7. The summed E-state index contributed by atoms with van der Waals surface area (Å²) in [4.78, 5) is 0. The van der Waals surface area contributed by atoms with Gasteiger partial charge < -0.3 is 4.74 Å². The summed E-state index contributed by atoms with van der Waals surface area (Å²) < 4.78 is 32.5. The Bertz CT molecular complexity index is 578. The van der Waals surface area contributed by atoms with Crippen molar-refractivity contribution in [3.05, 3.63) is 35.4 Å². The van der Waals surface area contributed by atoms with Crippen molar-refractivity contribution in [3.8, 4) is 0 Å². The normalized spacial score (nSPS) is 23.1. The molecule has 0 spiro atoms. The number of morpholine rings is 1. The van der Waals surface area contributed by atoms with Gasteiger partial charge >= 0.3 is 0 Å². The predicted octanol–water partition coefficient (Wildman–Crippen LogP) is 2.89. The van der Waals surface area contributed by atoms with Crippen LogP contribution >= 0.6 is 0 Å². The molecule has 1 aromatic rings. The summed E-state index contributed by atoms with van der Waals surface area (Å²) >= 11 is 0. The topological polar surface area (TPSA) is 46.6 Å². The molecular weight excluding hydrogens is 286 g/mol. The molecule has 1 atom stereocenters. The van der Waals surface area contributed by atoms with Crippen molar-refractivity contribution in [1.29, 1.82) is 0 Å². The van der Waals surface area contributed by atoms with Gasteiger partial charge in [0.2, 0.25) is 10.0 Å². The second-order valence-electron chi connectivity index (χ2n) is 6.37. The highest BCUT2D eigenvalue weighted by atomic mass is 32.2. The van der Waals surface area contributed by atoms with Crippen LogP contribution in [0.3, 0.4) is 0 Å². The molecule has 0 saturated carbocycles. The fourth-order valence-corrected chi connectivity index (χ4v) is 4.57. The molecule has 1 fully saturated rings. The van der Waals surface area contributed by atoms with Gasteiger partial charge in [-0.1, -0.05) is 36.8 Å². The van der Waals surface area contributed by atoms with Crippen molar-refractivity contribution in [3.63, 3.8) is 0 Å². The Labute approximate surface area is 128 Å². The zero-order valence-electron chi connectivity index (χ0n) is 13.3. The van der Waals surface area contributed by atoms with Crippen LogP contribution in [0, 0.1) is 6.92 Å². The van der Waals surface area contributed by atoms with E-state index in [2.05, 4.69) is 0 Å². The number of ether oxygens (including phenoxy) is 1. The molecule has 1 aromatic carbocycles. The minimum Gasteiger partial charge on any atom is -0.370 e. The molecule has 4 nitrogen and oxygen atoms in total. The van der Waals surface area contributed by atoms with Gasteiger partial charge in [-0.05, 0) is 32.8 Å². The number of sulfonamides is 1. The standard InChI is InChI=1S/C16H25NO3S/c1-5-10-21(18,19)17-11-15(20-12-16(17,3)4)14-8-6-13(2)7-9-14/h6-9,15H,5,10-12H2,1-4H3. The molecule has 0 radical (unpaired) electrons. The molecule has 1 aliphatic heterocycles. The van der Waals surface area contributed by atoms with Crippen LogP contribution in [0.4, 0.5) is 0 Å². The maximum Gasteiger partial charge on any atom is 0.214 e. The molecule has 0 N–H and O–H groups in total. The quantitative estimate of drug-likeness (QED) is 0.859. The van der Waals surface area contributed by atoms with Crippen LogP contribution in [-0.2, 0) is 14.8 Å². The SMILES string of the molecule is CCCS(=O)(=O)N1CC(c2ccc(C)cc2)OCC1(C)C. The summed E-state index contributed by atoms with van der Waals surface area (Å²) in [7, 11) is -3.24. The summed E-state index contributed by atoms with van der Waals surface area (Å²) in [5.74, 6) is 0.192. The molecular formula is C16H25NO3S. The number of aryl methyl sites for hydroxylation is 1. The summed E-state index contributed by atoms with van der Waals surface area (Å²) in [6.45, 7) is 8.57. The second kappa shape index (κ2) is 6.07. The molecule has 5 heteroatoms. The monoisotopic (exact) mass is 311 g/mol. The van der Waals surface area contributed by atoms with Gasteiger partial charge in [0.1, 0.15) is 0 Å². The lowest BCUT2D eigenvalue weighted by Gasteiger charge is -2.44. The van der Waals surface area contributed by atoms with E-state index < -0.39 is 15.6 Å². The van der Waals surface area contributed by atoms with Gasteiger partial charge in [0.25, 0.3) is 0 Å². The first kappa shape index (κ1) is 16.5. The minimum absolute atomic E-state index is 0.190. The van der Waals surface area contributed by atoms with Crippen LogP contribution in [0.5, 0.6) is 0 Å². The Morgan fingerprint density at radius 1 is 1.29 bits per heavy atom. The van der Waals surface area contributed by atoms with Crippen LogP contribution in [0.15, 0.2) is 24.3 Å². The molecule has 21 heavy (non-hydrogen) atoms. The molecule has 118 valence electrons. The van der Waals surface area contributed by atoms with Crippen molar-refractivity contribution in [1.82, 2.24) is 4.31 Å². The molecule has 1 unspecified atom stereocenters. The fourth-order valence-electron chi connectivity index (χ4n) is 2.67. The predicted molar refractivity (Wildman–Crippen MR) is 84.7 cm³/mol. The lowest BCUT2D eigenvalue weighted by Crippen LogP contribution is -2.56. The van der Waals surface area contributed by atoms with Gasteiger partial charge in [0, 0.05) is 6.54 Å². The third-order valence-electron chi connectivity index (χ3n) is 3.89. The molecule has 1 aliphatic rings.